The molecular weight excluding hydrogens is 416 g/mol. The Morgan fingerprint density at radius 3 is 2.58 bits per heavy atom. The van der Waals surface area contributed by atoms with Crippen molar-refractivity contribution < 1.29 is 19.1 Å². The fourth-order valence-corrected chi connectivity index (χ4v) is 4.24. The summed E-state index contributed by atoms with van der Waals surface area (Å²) >= 11 is 1.13. The Morgan fingerprint density at radius 2 is 1.84 bits per heavy atom. The minimum atomic E-state index is -0.701. The van der Waals surface area contributed by atoms with Crippen molar-refractivity contribution in [2.45, 2.75) is 27.7 Å². The lowest BCUT2D eigenvalue weighted by molar-refractivity contribution is -0.126. The molecule has 9 heteroatoms. The summed E-state index contributed by atoms with van der Waals surface area (Å²) < 4.78 is 5.08. The van der Waals surface area contributed by atoms with Gasteiger partial charge < -0.3 is 21.1 Å². The Morgan fingerprint density at radius 1 is 1.10 bits per heavy atom. The Bertz CT molecular complexity index is 1190. The van der Waals surface area contributed by atoms with Gasteiger partial charge in [0.2, 0.25) is 5.91 Å². The predicted molar refractivity (Wildman–Crippen MR) is 121 cm³/mol. The maximum atomic E-state index is 12.4. The number of nitrogens with zero attached hydrogens (tertiary/aromatic N) is 1. The van der Waals surface area contributed by atoms with Crippen LogP contribution in [0, 0.1) is 27.7 Å². The molecule has 0 unspecified atom stereocenters. The highest BCUT2D eigenvalue weighted by molar-refractivity contribution is 7.21. The molecule has 2 heterocycles. The van der Waals surface area contributed by atoms with Gasteiger partial charge in [0.05, 0.1) is 12.2 Å². The lowest BCUT2D eigenvalue weighted by Crippen LogP contribution is -2.35. The number of fused-ring (bicyclic) bond motifs is 1. The average molecular weight is 441 g/mol. The number of pyridine rings is 1. The Kier molecular flexibility index (Phi) is 6.55. The van der Waals surface area contributed by atoms with Crippen molar-refractivity contribution in [1.82, 2.24) is 10.3 Å². The number of thiophene rings is 1. The van der Waals surface area contributed by atoms with Gasteiger partial charge in [0.15, 0.2) is 6.61 Å². The maximum absolute atomic E-state index is 12.4. The molecule has 0 saturated heterocycles. The number of nitrogen functional groups attached to an aromatic ring is 1. The zero-order chi connectivity index (χ0) is 22.7. The maximum Gasteiger partial charge on any atom is 0.351 e. The number of aryl methyl sites for hydroxylation is 3. The van der Waals surface area contributed by atoms with E-state index < -0.39 is 18.5 Å². The highest BCUT2D eigenvalue weighted by Gasteiger charge is 2.21. The van der Waals surface area contributed by atoms with Crippen LogP contribution in [0.2, 0.25) is 0 Å². The minimum Gasteiger partial charge on any atom is -0.451 e. The van der Waals surface area contributed by atoms with E-state index in [9.17, 15) is 14.4 Å². The number of nitrogens with one attached hydrogen (secondary N) is 2. The first-order chi connectivity index (χ1) is 14.7. The Labute approximate surface area is 183 Å². The SMILES string of the molecule is Cc1cc(C)c2c(N)c(C(=O)OCC(=O)NCC(=O)Nc3cccc(C)c3C)sc2n1. The molecule has 8 nitrogen and oxygen atoms in total. The van der Waals surface area contributed by atoms with E-state index in [0.29, 0.717) is 16.2 Å². The van der Waals surface area contributed by atoms with Gasteiger partial charge in [0, 0.05) is 16.8 Å². The lowest BCUT2D eigenvalue weighted by Gasteiger charge is -2.11. The average Bonchev–Trinajstić information content (AvgIpc) is 3.04. The summed E-state index contributed by atoms with van der Waals surface area (Å²) in [5, 5.41) is 5.90. The van der Waals surface area contributed by atoms with E-state index in [-0.39, 0.29) is 17.3 Å². The summed E-state index contributed by atoms with van der Waals surface area (Å²) in [6, 6.07) is 7.46. The molecule has 0 fully saturated rings. The molecule has 4 N–H and O–H groups in total. The normalized spacial score (nSPS) is 10.7. The van der Waals surface area contributed by atoms with Crippen LogP contribution in [0.5, 0.6) is 0 Å². The number of benzene rings is 1. The fraction of sp³-hybridized carbons (Fsp3) is 0.273. The summed E-state index contributed by atoms with van der Waals surface area (Å²) in [6.07, 6.45) is 0. The topological polar surface area (TPSA) is 123 Å². The van der Waals surface area contributed by atoms with Gasteiger partial charge in [0.1, 0.15) is 9.71 Å². The third kappa shape index (κ3) is 5.00. The largest absolute Gasteiger partial charge is 0.451 e. The predicted octanol–water partition coefficient (Wildman–Crippen LogP) is 3.02. The summed E-state index contributed by atoms with van der Waals surface area (Å²) in [6.45, 7) is 6.85. The number of anilines is 2. The second-order valence-corrected chi connectivity index (χ2v) is 8.25. The molecule has 0 spiro atoms. The number of amides is 2. The molecular formula is C22H24N4O4S. The molecule has 31 heavy (non-hydrogen) atoms. The number of carbonyl (C=O) groups is 3. The molecule has 3 aromatic rings. The van der Waals surface area contributed by atoms with Gasteiger partial charge >= 0.3 is 5.97 Å². The van der Waals surface area contributed by atoms with Crippen LogP contribution in [0.4, 0.5) is 11.4 Å². The van der Waals surface area contributed by atoms with Crippen LogP contribution in [-0.4, -0.2) is 35.9 Å². The van der Waals surface area contributed by atoms with Crippen LogP contribution in [-0.2, 0) is 14.3 Å². The van der Waals surface area contributed by atoms with Crippen molar-refractivity contribution in [1.29, 1.82) is 0 Å². The highest BCUT2D eigenvalue weighted by atomic mass is 32.1. The van der Waals surface area contributed by atoms with Crippen molar-refractivity contribution in [2.24, 2.45) is 0 Å². The molecule has 0 aliphatic rings. The number of hydrogen-bond acceptors (Lipinski definition) is 7. The monoisotopic (exact) mass is 440 g/mol. The van der Waals surface area contributed by atoms with E-state index >= 15 is 0 Å². The summed E-state index contributed by atoms with van der Waals surface area (Å²) in [5.41, 5.74) is 10.8. The zero-order valence-electron chi connectivity index (χ0n) is 17.8. The molecule has 0 radical (unpaired) electrons. The molecule has 0 atom stereocenters. The summed E-state index contributed by atoms with van der Waals surface area (Å²) in [7, 11) is 0. The lowest BCUT2D eigenvalue weighted by atomic mass is 10.1. The van der Waals surface area contributed by atoms with Gasteiger partial charge in [0.25, 0.3) is 5.91 Å². The third-order valence-electron chi connectivity index (χ3n) is 4.87. The first-order valence-corrected chi connectivity index (χ1v) is 10.4. The molecule has 162 valence electrons. The Hall–Kier alpha value is -3.46. The molecule has 1 aromatic carbocycles. The second kappa shape index (κ2) is 9.13. The number of rotatable bonds is 6. The number of esters is 1. The molecule has 3 rings (SSSR count). The first kappa shape index (κ1) is 22.2. The van der Waals surface area contributed by atoms with Crippen molar-refractivity contribution in [2.75, 3.05) is 24.2 Å². The van der Waals surface area contributed by atoms with Crippen molar-refractivity contribution in [3.63, 3.8) is 0 Å². The minimum absolute atomic E-state index is 0.205. The van der Waals surface area contributed by atoms with E-state index in [1.54, 1.807) is 6.07 Å². The van der Waals surface area contributed by atoms with Crippen LogP contribution < -0.4 is 16.4 Å². The van der Waals surface area contributed by atoms with Crippen LogP contribution in [0.1, 0.15) is 32.1 Å². The quantitative estimate of drug-likeness (QED) is 0.506. The number of ether oxygens (including phenoxy) is 1. The highest BCUT2D eigenvalue weighted by Crippen LogP contribution is 2.35. The summed E-state index contributed by atoms with van der Waals surface area (Å²) in [4.78, 5) is 41.7. The molecule has 0 aliphatic heterocycles. The fourth-order valence-electron chi connectivity index (χ4n) is 3.13. The van der Waals surface area contributed by atoms with Gasteiger partial charge in [-0.05, 0) is 56.5 Å². The van der Waals surface area contributed by atoms with E-state index in [0.717, 1.165) is 39.1 Å². The molecule has 0 bridgehead atoms. The van der Waals surface area contributed by atoms with Gasteiger partial charge in [-0.3, -0.25) is 9.59 Å². The van der Waals surface area contributed by atoms with Crippen LogP contribution in [0.15, 0.2) is 24.3 Å². The van der Waals surface area contributed by atoms with Crippen molar-refractivity contribution >= 4 is 50.7 Å². The Balaban J connectivity index is 1.54. The van der Waals surface area contributed by atoms with Crippen LogP contribution >= 0.6 is 11.3 Å². The van der Waals surface area contributed by atoms with E-state index in [1.165, 1.54) is 0 Å². The third-order valence-corrected chi connectivity index (χ3v) is 5.95. The van der Waals surface area contributed by atoms with Crippen LogP contribution in [0.25, 0.3) is 10.2 Å². The molecule has 0 saturated carbocycles. The van der Waals surface area contributed by atoms with E-state index in [1.807, 2.05) is 45.9 Å². The van der Waals surface area contributed by atoms with Gasteiger partial charge in [-0.2, -0.15) is 0 Å². The van der Waals surface area contributed by atoms with E-state index in [2.05, 4.69) is 15.6 Å². The van der Waals surface area contributed by atoms with Gasteiger partial charge in [-0.15, -0.1) is 11.3 Å². The smallest absolute Gasteiger partial charge is 0.351 e. The number of aromatic nitrogens is 1. The number of carbonyl (C=O) groups excluding carboxylic acids is 3. The van der Waals surface area contributed by atoms with Crippen molar-refractivity contribution in [3.05, 3.63) is 51.5 Å². The van der Waals surface area contributed by atoms with E-state index in [4.69, 9.17) is 10.5 Å². The van der Waals surface area contributed by atoms with Crippen LogP contribution in [0.3, 0.4) is 0 Å². The zero-order valence-corrected chi connectivity index (χ0v) is 18.6. The standard InChI is InChI=1S/C22H24N4O4S/c1-11-6-5-7-15(14(11)4)26-16(27)9-24-17(28)10-30-22(29)20-19(23)18-12(2)8-13(3)25-21(18)31-20/h5-8H,9-10,23H2,1-4H3,(H,24,28)(H,26,27). The second-order valence-electron chi connectivity index (χ2n) is 7.25. The van der Waals surface area contributed by atoms with Crippen molar-refractivity contribution in [3.8, 4) is 0 Å². The number of hydrogen-bond donors (Lipinski definition) is 3. The molecule has 0 aliphatic carbocycles. The van der Waals surface area contributed by atoms with Gasteiger partial charge in [-0.25, -0.2) is 9.78 Å². The summed E-state index contributed by atoms with van der Waals surface area (Å²) in [5.74, 6) is -1.67. The molecule has 2 amide bonds. The van der Waals surface area contributed by atoms with Gasteiger partial charge in [-0.1, -0.05) is 12.1 Å². The molecule has 2 aromatic heterocycles. The number of nitrogens with two attached hydrogens (primary N) is 1. The first-order valence-electron chi connectivity index (χ1n) is 9.63.